The molecule has 4 nitrogen and oxygen atoms in total. The number of hydrogen-bond donors (Lipinski definition) is 0. The number of ether oxygens (including phenoxy) is 2. The van der Waals surface area contributed by atoms with Gasteiger partial charge < -0.3 is 9.47 Å². The van der Waals surface area contributed by atoms with E-state index in [1.807, 2.05) is 26.0 Å². The van der Waals surface area contributed by atoms with Gasteiger partial charge in [-0.1, -0.05) is 56.3 Å². The molecule has 0 amide bonds. The number of carbonyl (C=O) groups is 2. The number of esters is 2. The lowest BCUT2D eigenvalue weighted by molar-refractivity contribution is -0.162. The van der Waals surface area contributed by atoms with Gasteiger partial charge in [-0.15, -0.1) is 6.58 Å². The highest BCUT2D eigenvalue weighted by Gasteiger charge is 2.49. The van der Waals surface area contributed by atoms with Gasteiger partial charge in [0.2, 0.25) is 0 Å². The summed E-state index contributed by atoms with van der Waals surface area (Å²) in [7, 11) is 0. The fourth-order valence-electron chi connectivity index (χ4n) is 2.83. The quantitative estimate of drug-likeness (QED) is 0.296. The van der Waals surface area contributed by atoms with Crippen LogP contribution >= 0.6 is 0 Å². The Labute approximate surface area is 154 Å². The van der Waals surface area contributed by atoms with Crippen LogP contribution in [0.25, 0.3) is 0 Å². The number of allylic oxidation sites excluding steroid dienone is 1. The van der Waals surface area contributed by atoms with Crippen LogP contribution in [-0.4, -0.2) is 11.9 Å². The molecule has 0 fully saturated rings. The molecule has 0 aliphatic heterocycles. The van der Waals surface area contributed by atoms with E-state index in [-0.39, 0.29) is 12.3 Å². The monoisotopic (exact) mass is 352 g/mol. The summed E-state index contributed by atoms with van der Waals surface area (Å²) in [6.45, 7) is 7.61. The summed E-state index contributed by atoms with van der Waals surface area (Å²) in [5.41, 5.74) is -1.44. The van der Waals surface area contributed by atoms with Crippen molar-refractivity contribution in [3.05, 3.63) is 73.3 Å². The van der Waals surface area contributed by atoms with E-state index in [1.54, 1.807) is 54.6 Å². The molecule has 0 atom stereocenters. The molecular formula is C22H24O4. The first-order chi connectivity index (χ1) is 12.5. The van der Waals surface area contributed by atoms with Gasteiger partial charge in [-0.05, 0) is 43.0 Å². The maximum atomic E-state index is 13.0. The first kappa shape index (κ1) is 19.4. The van der Waals surface area contributed by atoms with Crippen LogP contribution < -0.4 is 9.47 Å². The fraction of sp³-hybridized carbons (Fsp3) is 0.273. The van der Waals surface area contributed by atoms with Crippen LogP contribution in [0, 0.1) is 11.3 Å². The third-order valence-electron chi connectivity index (χ3n) is 3.94. The predicted molar refractivity (Wildman–Crippen MR) is 101 cm³/mol. The van der Waals surface area contributed by atoms with Crippen molar-refractivity contribution in [3.8, 4) is 11.5 Å². The Kier molecular flexibility index (Phi) is 6.73. The van der Waals surface area contributed by atoms with Crippen LogP contribution in [-0.2, 0) is 9.59 Å². The van der Waals surface area contributed by atoms with E-state index in [4.69, 9.17) is 9.47 Å². The summed E-state index contributed by atoms with van der Waals surface area (Å²) < 4.78 is 11.0. The van der Waals surface area contributed by atoms with Crippen LogP contribution in [0.4, 0.5) is 0 Å². The second kappa shape index (κ2) is 8.99. The van der Waals surface area contributed by atoms with E-state index in [2.05, 4.69) is 6.58 Å². The molecule has 0 aliphatic carbocycles. The Morgan fingerprint density at radius 1 is 0.923 bits per heavy atom. The first-order valence-electron chi connectivity index (χ1n) is 8.63. The predicted octanol–water partition coefficient (Wildman–Crippen LogP) is 4.81. The Morgan fingerprint density at radius 3 is 1.69 bits per heavy atom. The van der Waals surface area contributed by atoms with Gasteiger partial charge in [0, 0.05) is 0 Å². The highest BCUT2D eigenvalue weighted by atomic mass is 16.6. The maximum absolute atomic E-state index is 13.0. The molecule has 0 spiro atoms. The topological polar surface area (TPSA) is 52.6 Å². The van der Waals surface area contributed by atoms with Gasteiger partial charge in [-0.2, -0.15) is 0 Å². The first-order valence-corrected chi connectivity index (χ1v) is 8.63. The van der Waals surface area contributed by atoms with Crippen molar-refractivity contribution in [2.75, 3.05) is 0 Å². The van der Waals surface area contributed by atoms with Crippen molar-refractivity contribution < 1.29 is 19.1 Å². The van der Waals surface area contributed by atoms with E-state index in [0.29, 0.717) is 17.9 Å². The molecule has 26 heavy (non-hydrogen) atoms. The Hall–Kier alpha value is -2.88. The van der Waals surface area contributed by atoms with Gasteiger partial charge in [0.05, 0.1) is 0 Å². The second-order valence-corrected chi connectivity index (χ2v) is 6.58. The van der Waals surface area contributed by atoms with E-state index in [9.17, 15) is 9.59 Å². The fourth-order valence-corrected chi connectivity index (χ4v) is 2.83. The molecule has 0 radical (unpaired) electrons. The Morgan fingerprint density at radius 2 is 1.35 bits per heavy atom. The standard InChI is InChI=1S/C22H24O4/c1-4-15-22(16-17(2)3,20(23)25-18-11-7-5-8-12-18)21(24)26-19-13-9-6-10-14-19/h4-14,17H,1,15-16H2,2-3H3. The molecule has 0 saturated heterocycles. The summed E-state index contributed by atoms with van der Waals surface area (Å²) in [6, 6.07) is 17.4. The van der Waals surface area contributed by atoms with Gasteiger partial charge in [0.1, 0.15) is 11.5 Å². The van der Waals surface area contributed by atoms with Gasteiger partial charge >= 0.3 is 11.9 Å². The molecule has 2 aromatic carbocycles. The average Bonchev–Trinajstić information content (AvgIpc) is 2.62. The lowest BCUT2D eigenvalue weighted by atomic mass is 9.77. The van der Waals surface area contributed by atoms with E-state index in [0.717, 1.165) is 0 Å². The maximum Gasteiger partial charge on any atom is 0.329 e. The Balaban J connectivity index is 2.34. The van der Waals surface area contributed by atoms with Gasteiger partial charge in [0.25, 0.3) is 0 Å². The molecule has 136 valence electrons. The molecule has 4 heteroatoms. The molecule has 0 N–H and O–H groups in total. The normalized spacial score (nSPS) is 11.0. The van der Waals surface area contributed by atoms with Crippen molar-refractivity contribution in [1.29, 1.82) is 0 Å². The molecule has 0 aliphatic rings. The van der Waals surface area contributed by atoms with Gasteiger partial charge in [0.15, 0.2) is 5.41 Å². The second-order valence-electron chi connectivity index (χ2n) is 6.58. The molecule has 0 saturated carbocycles. The molecule has 2 aromatic rings. The molecular weight excluding hydrogens is 328 g/mol. The minimum atomic E-state index is -1.44. The summed E-state index contributed by atoms with van der Waals surface area (Å²) in [6.07, 6.45) is 2.00. The largest absolute Gasteiger partial charge is 0.426 e. The van der Waals surface area contributed by atoms with Crippen LogP contribution in [0.15, 0.2) is 73.3 Å². The zero-order chi connectivity index (χ0) is 19.0. The van der Waals surface area contributed by atoms with E-state index in [1.165, 1.54) is 0 Å². The van der Waals surface area contributed by atoms with Crippen molar-refractivity contribution in [3.63, 3.8) is 0 Å². The van der Waals surface area contributed by atoms with Crippen LogP contribution in [0.1, 0.15) is 26.7 Å². The summed E-state index contributed by atoms with van der Waals surface area (Å²) >= 11 is 0. The molecule has 0 heterocycles. The van der Waals surface area contributed by atoms with Crippen molar-refractivity contribution >= 4 is 11.9 Å². The molecule has 0 aromatic heterocycles. The SMILES string of the molecule is C=CCC(CC(C)C)(C(=O)Oc1ccccc1)C(=O)Oc1ccccc1. The molecule has 0 unspecified atom stereocenters. The zero-order valence-electron chi connectivity index (χ0n) is 15.2. The lowest BCUT2D eigenvalue weighted by Gasteiger charge is -2.29. The molecule has 2 rings (SSSR count). The molecule has 0 bridgehead atoms. The zero-order valence-corrected chi connectivity index (χ0v) is 15.2. The number of rotatable bonds is 8. The summed E-state index contributed by atoms with van der Waals surface area (Å²) in [5.74, 6) is -0.387. The minimum Gasteiger partial charge on any atom is -0.426 e. The van der Waals surface area contributed by atoms with E-state index >= 15 is 0 Å². The Bertz CT molecular complexity index is 682. The summed E-state index contributed by atoms with van der Waals surface area (Å²) in [5, 5.41) is 0. The highest BCUT2D eigenvalue weighted by Crippen LogP contribution is 2.35. The number of carbonyl (C=O) groups excluding carboxylic acids is 2. The summed E-state index contributed by atoms with van der Waals surface area (Å²) in [4.78, 5) is 26.0. The van der Waals surface area contributed by atoms with Crippen molar-refractivity contribution in [1.82, 2.24) is 0 Å². The lowest BCUT2D eigenvalue weighted by Crippen LogP contribution is -2.45. The highest BCUT2D eigenvalue weighted by molar-refractivity contribution is 6.01. The average molecular weight is 352 g/mol. The van der Waals surface area contributed by atoms with Crippen LogP contribution in [0.5, 0.6) is 11.5 Å². The third kappa shape index (κ3) is 4.82. The van der Waals surface area contributed by atoms with Crippen LogP contribution in [0.2, 0.25) is 0 Å². The number of benzene rings is 2. The van der Waals surface area contributed by atoms with Gasteiger partial charge in [-0.25, -0.2) is 0 Å². The number of para-hydroxylation sites is 2. The third-order valence-corrected chi connectivity index (χ3v) is 3.94. The van der Waals surface area contributed by atoms with Crippen molar-refractivity contribution in [2.24, 2.45) is 11.3 Å². The van der Waals surface area contributed by atoms with Gasteiger partial charge in [-0.3, -0.25) is 9.59 Å². The smallest absolute Gasteiger partial charge is 0.329 e. The van der Waals surface area contributed by atoms with Crippen molar-refractivity contribution in [2.45, 2.75) is 26.7 Å². The van der Waals surface area contributed by atoms with E-state index < -0.39 is 17.4 Å². The van der Waals surface area contributed by atoms with Crippen LogP contribution in [0.3, 0.4) is 0 Å². The number of hydrogen-bond acceptors (Lipinski definition) is 4. The minimum absolute atomic E-state index is 0.0848.